The molecule has 0 saturated carbocycles. The summed E-state index contributed by atoms with van der Waals surface area (Å²) in [6, 6.07) is 3.99. The Hall–Kier alpha value is -3.30. The molecule has 3 nitrogen and oxygen atoms in total. The van der Waals surface area contributed by atoms with Crippen molar-refractivity contribution < 1.29 is 17.6 Å². The molecule has 9 heteroatoms. The van der Waals surface area contributed by atoms with Crippen molar-refractivity contribution in [2.75, 3.05) is 0 Å². The van der Waals surface area contributed by atoms with Crippen molar-refractivity contribution in [1.29, 1.82) is 0 Å². The van der Waals surface area contributed by atoms with Crippen molar-refractivity contribution in [3.8, 4) is 0 Å². The average molecular weight is 512 g/mol. The first-order valence-electron chi connectivity index (χ1n) is 10.9. The SMILES string of the molecule is CC(C)Cn1c2c(sc3c(=O)c4cc(F)c(F)cc4c32)c2sc3c(=O)c4cc(F)c(F)cc4c3c21. The Labute approximate surface area is 201 Å². The average Bonchev–Trinajstić information content (AvgIpc) is 3.54. The van der Waals surface area contributed by atoms with Gasteiger partial charge >= 0.3 is 0 Å². The molecule has 0 aliphatic carbocycles. The summed E-state index contributed by atoms with van der Waals surface area (Å²) in [5.41, 5.74) is 0.707. The molecule has 7 aromatic rings. The van der Waals surface area contributed by atoms with E-state index < -0.39 is 23.3 Å². The number of rotatable bonds is 2. The highest BCUT2D eigenvalue weighted by Gasteiger charge is 2.28. The van der Waals surface area contributed by atoms with E-state index in [2.05, 4.69) is 0 Å². The molecule has 0 unspecified atom stereocenters. The van der Waals surface area contributed by atoms with Gasteiger partial charge in [-0.3, -0.25) is 9.59 Å². The lowest BCUT2D eigenvalue weighted by Crippen LogP contribution is -2.03. The van der Waals surface area contributed by atoms with Gasteiger partial charge in [0.25, 0.3) is 0 Å². The van der Waals surface area contributed by atoms with Crippen molar-refractivity contribution in [3.63, 3.8) is 0 Å². The van der Waals surface area contributed by atoms with Crippen molar-refractivity contribution >= 4 is 84.8 Å². The highest BCUT2D eigenvalue weighted by atomic mass is 32.1. The first kappa shape index (κ1) is 21.0. The zero-order valence-corrected chi connectivity index (χ0v) is 19.8. The quantitative estimate of drug-likeness (QED) is 0.228. The largest absolute Gasteiger partial charge is 0.338 e. The minimum Gasteiger partial charge on any atom is -0.338 e. The van der Waals surface area contributed by atoms with Gasteiger partial charge in [-0.2, -0.15) is 0 Å². The van der Waals surface area contributed by atoms with Gasteiger partial charge in [0.2, 0.25) is 10.9 Å². The molecule has 0 spiro atoms. The maximum atomic E-state index is 14.2. The van der Waals surface area contributed by atoms with Gasteiger partial charge in [0, 0.05) is 28.1 Å². The Balaban J connectivity index is 1.76. The van der Waals surface area contributed by atoms with Crippen LogP contribution in [0.5, 0.6) is 0 Å². The Kier molecular flexibility index (Phi) is 4.01. The molecule has 0 saturated heterocycles. The number of nitrogens with zero attached hydrogens (tertiary/aromatic N) is 1. The van der Waals surface area contributed by atoms with Crippen molar-refractivity contribution in [2.45, 2.75) is 20.4 Å². The van der Waals surface area contributed by atoms with Gasteiger partial charge in [0.05, 0.1) is 29.8 Å². The summed E-state index contributed by atoms with van der Waals surface area (Å²) < 4.78 is 60.7. The molecule has 0 aliphatic heterocycles. The number of fused-ring (bicyclic) bond motifs is 11. The van der Waals surface area contributed by atoms with Gasteiger partial charge in [-0.1, -0.05) is 13.8 Å². The van der Waals surface area contributed by atoms with E-state index in [9.17, 15) is 27.2 Å². The highest BCUT2D eigenvalue weighted by molar-refractivity contribution is 7.34. The molecule has 3 heterocycles. The Morgan fingerprint density at radius 1 is 0.657 bits per heavy atom. The van der Waals surface area contributed by atoms with E-state index in [0.29, 0.717) is 48.5 Å². The molecule has 35 heavy (non-hydrogen) atoms. The van der Waals surface area contributed by atoms with Crippen molar-refractivity contribution in [3.05, 3.63) is 68.0 Å². The molecule has 7 rings (SSSR count). The van der Waals surface area contributed by atoms with Crippen LogP contribution in [-0.4, -0.2) is 4.57 Å². The maximum Gasteiger partial charge on any atom is 0.204 e. The fourth-order valence-corrected chi connectivity index (χ4v) is 7.95. The normalized spacial score (nSPS) is 12.9. The van der Waals surface area contributed by atoms with Crippen LogP contribution in [0.15, 0.2) is 33.9 Å². The van der Waals surface area contributed by atoms with Crippen LogP contribution in [0.1, 0.15) is 13.8 Å². The second-order valence-electron chi connectivity index (χ2n) is 9.25. The highest BCUT2D eigenvalue weighted by Crippen LogP contribution is 2.49. The minimum atomic E-state index is -1.08. The second-order valence-corrected chi connectivity index (χ2v) is 11.3. The fourth-order valence-electron chi connectivity index (χ4n) is 5.27. The van der Waals surface area contributed by atoms with Gasteiger partial charge < -0.3 is 4.57 Å². The van der Waals surface area contributed by atoms with Gasteiger partial charge in [-0.25, -0.2) is 17.6 Å². The smallest absolute Gasteiger partial charge is 0.204 e. The van der Waals surface area contributed by atoms with E-state index >= 15 is 0 Å². The van der Waals surface area contributed by atoms with E-state index in [1.807, 2.05) is 18.4 Å². The zero-order valence-electron chi connectivity index (χ0n) is 18.2. The minimum absolute atomic E-state index is 0.121. The second kappa shape index (κ2) is 6.67. The predicted molar refractivity (Wildman–Crippen MR) is 135 cm³/mol. The van der Waals surface area contributed by atoms with Crippen LogP contribution in [0, 0.1) is 29.2 Å². The lowest BCUT2D eigenvalue weighted by molar-refractivity contribution is 0.511. The third-order valence-corrected chi connectivity index (χ3v) is 9.14. The summed E-state index contributed by atoms with van der Waals surface area (Å²) >= 11 is 2.47. The van der Waals surface area contributed by atoms with Crippen LogP contribution in [0.3, 0.4) is 0 Å². The molecule has 0 aliphatic rings. The molecular weight excluding hydrogens is 498 g/mol. The number of aromatic nitrogens is 1. The van der Waals surface area contributed by atoms with Crippen LogP contribution in [0.25, 0.3) is 62.2 Å². The number of benzene rings is 2. The van der Waals surface area contributed by atoms with Crippen molar-refractivity contribution in [1.82, 2.24) is 4.57 Å². The third-order valence-electron chi connectivity index (χ3n) is 6.62. The molecule has 174 valence electrons. The Bertz CT molecular complexity index is 2010. The van der Waals surface area contributed by atoms with Crippen LogP contribution < -0.4 is 10.9 Å². The van der Waals surface area contributed by atoms with Gasteiger partial charge in [0.1, 0.15) is 0 Å². The van der Waals surface area contributed by atoms with E-state index in [1.54, 1.807) is 0 Å². The molecule has 3 aromatic heterocycles. The summed E-state index contributed by atoms with van der Waals surface area (Å²) in [6.07, 6.45) is 0. The van der Waals surface area contributed by atoms with Crippen LogP contribution in [0.2, 0.25) is 0 Å². The fraction of sp³-hybridized carbons (Fsp3) is 0.154. The van der Waals surface area contributed by atoms with Crippen molar-refractivity contribution in [2.24, 2.45) is 5.92 Å². The monoisotopic (exact) mass is 511 g/mol. The number of hydrogen-bond acceptors (Lipinski definition) is 4. The molecule has 0 atom stereocenters. The standard InChI is InChI=1S/C26H13F4NO2S2/c1-8(2)7-31-19-17-9-3-13(27)15(29)5-11(9)21(32)23(17)34-25(19)26-20(31)18-10-4-14(28)16(30)6-12(10)22(33)24(18)35-26/h3-6,8H,7H2,1-2H3. The van der Waals surface area contributed by atoms with E-state index in [1.165, 1.54) is 22.7 Å². The zero-order chi connectivity index (χ0) is 24.5. The van der Waals surface area contributed by atoms with Crippen LogP contribution in [-0.2, 0) is 6.54 Å². The molecule has 4 aromatic carbocycles. The molecule has 0 radical (unpaired) electrons. The third kappa shape index (κ3) is 2.49. The van der Waals surface area contributed by atoms with Gasteiger partial charge in [-0.15, -0.1) is 22.7 Å². The molecule has 0 bridgehead atoms. The Morgan fingerprint density at radius 3 is 1.40 bits per heavy atom. The Morgan fingerprint density at radius 2 is 1.03 bits per heavy atom. The molecule has 0 amide bonds. The number of halogens is 4. The van der Waals surface area contributed by atoms with Gasteiger partial charge in [-0.05, 0) is 41.0 Å². The van der Waals surface area contributed by atoms with E-state index in [0.717, 1.165) is 33.7 Å². The summed E-state index contributed by atoms with van der Waals surface area (Å²) in [5, 5.41) is 2.03. The summed E-state index contributed by atoms with van der Waals surface area (Å²) in [4.78, 5) is 26.2. The van der Waals surface area contributed by atoms with Crippen LogP contribution in [0.4, 0.5) is 17.6 Å². The van der Waals surface area contributed by atoms with Gasteiger partial charge in [0.15, 0.2) is 23.3 Å². The number of thiophene rings is 2. The van der Waals surface area contributed by atoms with Crippen LogP contribution >= 0.6 is 22.7 Å². The lowest BCUT2D eigenvalue weighted by atomic mass is 10.1. The maximum absolute atomic E-state index is 14.2. The van der Waals surface area contributed by atoms with E-state index in [4.69, 9.17) is 0 Å². The first-order chi connectivity index (χ1) is 16.7. The molecule has 0 N–H and O–H groups in total. The lowest BCUT2D eigenvalue weighted by Gasteiger charge is -2.10. The number of hydrogen-bond donors (Lipinski definition) is 0. The molecular formula is C26H13F4NO2S2. The topological polar surface area (TPSA) is 39.1 Å². The van der Waals surface area contributed by atoms with E-state index in [-0.39, 0.29) is 27.5 Å². The summed E-state index contributed by atoms with van der Waals surface area (Å²) in [6.45, 7) is 4.53. The summed E-state index contributed by atoms with van der Waals surface area (Å²) in [5.74, 6) is -4.08. The molecule has 0 fully saturated rings. The summed E-state index contributed by atoms with van der Waals surface area (Å²) in [7, 11) is 0. The first-order valence-corrected chi connectivity index (χ1v) is 12.5. The predicted octanol–water partition coefficient (Wildman–Crippen LogP) is 7.34.